The average molecular weight is 508 g/mol. The van der Waals surface area contributed by atoms with Crippen LogP contribution in [0.15, 0.2) is 42.1 Å². The van der Waals surface area contributed by atoms with Gasteiger partial charge in [0, 0.05) is 10.8 Å². The third-order valence-corrected chi connectivity index (χ3v) is 6.11. The normalized spacial score (nSPS) is 23.6. The number of nitrogens with one attached hydrogen (secondary N) is 1. The maximum absolute atomic E-state index is 12.7. The topological polar surface area (TPSA) is 102 Å². The lowest BCUT2D eigenvalue weighted by Gasteiger charge is -2.49. The molecule has 8 nitrogen and oxygen atoms in total. The molecule has 3 rings (SSSR count). The first kappa shape index (κ1) is 23.7. The van der Waals surface area contributed by atoms with Gasteiger partial charge in [-0.25, -0.2) is 4.79 Å². The molecule has 1 fully saturated rings. The maximum Gasteiger partial charge on any atom is 0.354 e. The van der Waals surface area contributed by atoms with Gasteiger partial charge in [0.2, 0.25) is 9.90 Å². The first-order chi connectivity index (χ1) is 14.6. The van der Waals surface area contributed by atoms with E-state index in [-0.39, 0.29) is 17.4 Å². The molecule has 2 aliphatic rings. The van der Waals surface area contributed by atoms with Gasteiger partial charge in [0.1, 0.15) is 23.7 Å². The van der Waals surface area contributed by atoms with E-state index < -0.39 is 45.7 Å². The number of thioether (sulfide) groups is 1. The molecule has 3 unspecified atom stereocenters. The van der Waals surface area contributed by atoms with E-state index in [1.54, 1.807) is 36.4 Å². The number of hydrogen-bond donors (Lipinski definition) is 1. The number of nitrogens with zero attached hydrogens (tertiary/aromatic N) is 1. The van der Waals surface area contributed by atoms with Crippen LogP contribution in [-0.4, -0.2) is 56.2 Å². The summed E-state index contributed by atoms with van der Waals surface area (Å²) in [6, 6.07) is 7.48. The van der Waals surface area contributed by atoms with E-state index in [2.05, 4.69) is 5.32 Å². The number of carbonyl (C=O) groups is 4. The quantitative estimate of drug-likeness (QED) is 0.262. The number of rotatable bonds is 7. The third-order valence-electron chi connectivity index (χ3n) is 4.46. The molecular weight excluding hydrogens is 491 g/mol. The summed E-state index contributed by atoms with van der Waals surface area (Å²) in [7, 11) is 0. The highest BCUT2D eigenvalue weighted by atomic mass is 35.6. The summed E-state index contributed by atoms with van der Waals surface area (Å²) >= 11 is 18.2. The van der Waals surface area contributed by atoms with Gasteiger partial charge in [-0.2, -0.15) is 0 Å². The number of alkyl halides is 3. The Hall–Kier alpha value is -1.94. The Kier molecular flexibility index (Phi) is 7.41. The molecule has 4 atom stereocenters. The number of fused-ring (bicyclic) bond motifs is 1. The van der Waals surface area contributed by atoms with Gasteiger partial charge in [0.25, 0.3) is 18.3 Å². The summed E-state index contributed by atoms with van der Waals surface area (Å²) in [5.74, 6) is -1.97. The van der Waals surface area contributed by atoms with E-state index in [0.29, 0.717) is 5.56 Å². The fourth-order valence-corrected chi connectivity index (χ4v) is 4.64. The van der Waals surface area contributed by atoms with Crippen molar-refractivity contribution in [3.63, 3.8) is 0 Å². The van der Waals surface area contributed by atoms with Gasteiger partial charge in [-0.3, -0.25) is 19.3 Å². The highest BCUT2D eigenvalue weighted by Gasteiger charge is 2.54. The monoisotopic (exact) mass is 506 g/mol. The average Bonchev–Trinajstić information content (AvgIpc) is 2.73. The second-order valence-electron chi connectivity index (χ2n) is 6.69. The highest BCUT2D eigenvalue weighted by Crippen LogP contribution is 2.41. The van der Waals surface area contributed by atoms with Crippen LogP contribution < -0.4 is 5.32 Å². The fourth-order valence-electron chi connectivity index (χ4n) is 3.15. The molecule has 0 spiro atoms. The zero-order valence-corrected chi connectivity index (χ0v) is 19.1. The zero-order valence-electron chi connectivity index (χ0n) is 16.0. The van der Waals surface area contributed by atoms with Gasteiger partial charge in [-0.1, -0.05) is 65.1 Å². The van der Waals surface area contributed by atoms with Crippen molar-refractivity contribution >= 4 is 70.8 Å². The predicted octanol–water partition coefficient (Wildman–Crippen LogP) is 2.49. The number of β-lactam (4-membered cyclic amide) rings is 1. The molecule has 0 aliphatic carbocycles. The summed E-state index contributed by atoms with van der Waals surface area (Å²) < 4.78 is 8.13. The van der Waals surface area contributed by atoms with Crippen LogP contribution in [0, 0.1) is 0 Å². The Morgan fingerprint density at radius 2 is 1.97 bits per heavy atom. The largest absolute Gasteiger partial charge is 0.456 e. The maximum atomic E-state index is 12.7. The van der Waals surface area contributed by atoms with Crippen molar-refractivity contribution in [2.45, 2.75) is 33.5 Å². The van der Waals surface area contributed by atoms with Crippen molar-refractivity contribution < 1.29 is 28.7 Å². The molecule has 12 heteroatoms. The summed E-state index contributed by atoms with van der Waals surface area (Å²) in [6.07, 6.45) is 0.357. The lowest BCUT2D eigenvalue weighted by molar-refractivity contribution is -0.155. The molecule has 1 aromatic carbocycles. The number of halogens is 3. The Balaban J connectivity index is 1.71. The van der Waals surface area contributed by atoms with E-state index >= 15 is 0 Å². The first-order valence-corrected chi connectivity index (χ1v) is 11.1. The Morgan fingerprint density at radius 1 is 1.29 bits per heavy atom. The summed E-state index contributed by atoms with van der Waals surface area (Å²) in [6.45, 7) is 1.52. The van der Waals surface area contributed by atoms with Crippen LogP contribution in [0.2, 0.25) is 0 Å². The van der Waals surface area contributed by atoms with Crippen molar-refractivity contribution in [2.75, 3.05) is 6.61 Å². The van der Waals surface area contributed by atoms with Gasteiger partial charge >= 0.3 is 5.97 Å². The molecule has 2 amide bonds. The third kappa shape index (κ3) is 5.46. The molecule has 0 aromatic heterocycles. The smallest absolute Gasteiger partial charge is 0.354 e. The fraction of sp³-hybridized carbons (Fsp3) is 0.368. The molecule has 1 aromatic rings. The standard InChI is InChI=1S/C19H17Cl3N2O6S/c1-10-7-12(18(28)29-8-19(20,21)22)24-16(27)13(17(24)31-10)23-15(26)14(30-9-25)11-5-3-2-4-6-11/h2-7,9-10,13-14,17H,8H2,1H3,(H,23,26)/t10?,13?,14?,17-/m0/s1. The molecule has 2 aliphatic heterocycles. The number of amides is 2. The van der Waals surface area contributed by atoms with Crippen LogP contribution in [0.3, 0.4) is 0 Å². The Bertz CT molecular complexity index is 908. The van der Waals surface area contributed by atoms with Gasteiger partial charge in [0.15, 0.2) is 0 Å². The van der Waals surface area contributed by atoms with Crippen LogP contribution in [0.5, 0.6) is 0 Å². The van der Waals surface area contributed by atoms with Gasteiger partial charge in [-0.05, 0) is 13.0 Å². The van der Waals surface area contributed by atoms with Crippen molar-refractivity contribution in [2.24, 2.45) is 0 Å². The minimum Gasteiger partial charge on any atom is -0.456 e. The minimum atomic E-state index is -1.79. The van der Waals surface area contributed by atoms with Crippen LogP contribution in [0.1, 0.15) is 18.6 Å². The van der Waals surface area contributed by atoms with Crippen molar-refractivity contribution in [1.29, 1.82) is 0 Å². The van der Waals surface area contributed by atoms with Crippen molar-refractivity contribution in [1.82, 2.24) is 10.2 Å². The molecule has 0 saturated carbocycles. The van der Waals surface area contributed by atoms with Crippen LogP contribution in [0.25, 0.3) is 0 Å². The van der Waals surface area contributed by atoms with E-state index in [4.69, 9.17) is 44.3 Å². The second-order valence-corrected chi connectivity index (χ2v) is 10.7. The number of benzene rings is 1. The summed E-state index contributed by atoms with van der Waals surface area (Å²) in [5, 5.41) is 1.91. The lowest BCUT2D eigenvalue weighted by Crippen LogP contribution is -2.71. The molecule has 0 bridgehead atoms. The van der Waals surface area contributed by atoms with Gasteiger partial charge < -0.3 is 14.8 Å². The van der Waals surface area contributed by atoms with Gasteiger partial charge in [0.05, 0.1) is 0 Å². The van der Waals surface area contributed by atoms with Crippen LogP contribution in [-0.2, 0) is 28.7 Å². The van der Waals surface area contributed by atoms with Gasteiger partial charge in [-0.15, -0.1) is 11.8 Å². The van der Waals surface area contributed by atoms with Crippen LogP contribution in [0.4, 0.5) is 0 Å². The minimum absolute atomic E-state index is 0.0183. The summed E-state index contributed by atoms with van der Waals surface area (Å²) in [4.78, 5) is 50.0. The first-order valence-electron chi connectivity index (χ1n) is 9.01. The SMILES string of the molecule is CC1C=C(C(=O)OCC(Cl)(Cl)Cl)N2C(=O)C(NC(=O)C(OC=O)c3ccccc3)[C@@H]2S1. The molecule has 166 valence electrons. The number of esters is 1. The Labute approximate surface area is 197 Å². The molecule has 1 N–H and O–H groups in total. The number of ether oxygens (including phenoxy) is 2. The summed E-state index contributed by atoms with van der Waals surface area (Å²) in [5.41, 5.74) is 0.473. The van der Waals surface area contributed by atoms with Crippen molar-refractivity contribution in [3.8, 4) is 0 Å². The van der Waals surface area contributed by atoms with E-state index in [9.17, 15) is 19.2 Å². The van der Waals surface area contributed by atoms with E-state index in [1.165, 1.54) is 16.7 Å². The highest BCUT2D eigenvalue weighted by molar-refractivity contribution is 8.00. The van der Waals surface area contributed by atoms with Crippen LogP contribution >= 0.6 is 46.6 Å². The number of hydrogen-bond acceptors (Lipinski definition) is 7. The molecule has 0 radical (unpaired) electrons. The molecule has 1 saturated heterocycles. The molecule has 2 heterocycles. The lowest BCUT2D eigenvalue weighted by atomic mass is 10.0. The molecule has 31 heavy (non-hydrogen) atoms. The van der Waals surface area contributed by atoms with E-state index in [0.717, 1.165) is 0 Å². The molecular formula is C19H17Cl3N2O6S. The predicted molar refractivity (Wildman–Crippen MR) is 115 cm³/mol. The number of carbonyl (C=O) groups excluding carboxylic acids is 4. The zero-order chi connectivity index (χ0) is 22.8. The van der Waals surface area contributed by atoms with E-state index in [1.807, 2.05) is 6.92 Å². The second kappa shape index (κ2) is 9.68. The Morgan fingerprint density at radius 3 is 2.58 bits per heavy atom. The van der Waals surface area contributed by atoms with Crippen molar-refractivity contribution in [3.05, 3.63) is 47.7 Å².